The van der Waals surface area contributed by atoms with E-state index in [1.54, 1.807) is 18.2 Å². The number of nitrogens with two attached hydrogens (primary N) is 1. The normalized spacial score (nSPS) is 17.0. The van der Waals surface area contributed by atoms with Gasteiger partial charge in [0.15, 0.2) is 11.6 Å². The SMILES string of the molecule is COC(=O)c1ccc2nc([C@@H]3CO[C@H](COc4c(F)cncc4NC(=O)[C@@H](N)C(c4ccccc4)c4ccccc4)CN3)[nH]c2c1. The fourth-order valence-electron chi connectivity index (χ4n) is 5.48. The van der Waals surface area contributed by atoms with E-state index in [1.807, 2.05) is 60.7 Å². The van der Waals surface area contributed by atoms with E-state index in [4.69, 9.17) is 19.9 Å². The van der Waals surface area contributed by atoms with Crippen molar-refractivity contribution < 1.29 is 28.2 Å². The van der Waals surface area contributed by atoms with Crippen LogP contribution in [0.3, 0.4) is 0 Å². The van der Waals surface area contributed by atoms with Crippen LogP contribution < -0.4 is 21.1 Å². The van der Waals surface area contributed by atoms with Crippen LogP contribution in [0, 0.1) is 5.82 Å². The van der Waals surface area contributed by atoms with E-state index in [0.717, 1.165) is 17.3 Å². The van der Waals surface area contributed by atoms with Crippen LogP contribution in [0.1, 0.15) is 39.3 Å². The number of carbonyl (C=O) groups excluding carboxylic acids is 2. The number of halogens is 1. The minimum absolute atomic E-state index is 0.00878. The molecule has 1 fully saturated rings. The molecule has 12 heteroatoms. The third-order valence-electron chi connectivity index (χ3n) is 7.85. The van der Waals surface area contributed by atoms with Crippen LogP contribution in [-0.4, -0.2) is 65.8 Å². The van der Waals surface area contributed by atoms with E-state index >= 15 is 0 Å². The molecule has 11 nitrogen and oxygen atoms in total. The summed E-state index contributed by atoms with van der Waals surface area (Å²) in [7, 11) is 1.33. The topological polar surface area (TPSA) is 153 Å². The van der Waals surface area contributed by atoms with Crippen LogP contribution in [-0.2, 0) is 14.3 Å². The Balaban J connectivity index is 1.09. The molecule has 236 valence electrons. The third kappa shape index (κ3) is 6.74. The standard InChI is InChI=1S/C34H33FN6O5/c1-44-34(43)22-12-13-25-26(14-22)40-32(39-25)28-19-45-23(15-38-28)18-46-31-24(35)16-37-17-27(31)41-33(42)30(36)29(20-8-4-2-5-9-20)21-10-6-3-7-11-21/h2-14,16-17,23,28-30,38H,15,18-19,36H2,1H3,(H,39,40)(H,41,42)/t23-,28-,30-/m0/s1. The summed E-state index contributed by atoms with van der Waals surface area (Å²) in [4.78, 5) is 37.1. The van der Waals surface area contributed by atoms with E-state index < -0.39 is 35.8 Å². The molecule has 3 aromatic carbocycles. The second-order valence-electron chi connectivity index (χ2n) is 10.9. The average Bonchev–Trinajstić information content (AvgIpc) is 3.52. The van der Waals surface area contributed by atoms with Crippen LogP contribution in [0.2, 0.25) is 0 Å². The van der Waals surface area contributed by atoms with Gasteiger partial charge < -0.3 is 35.6 Å². The average molecular weight is 625 g/mol. The number of fused-ring (bicyclic) bond motifs is 1. The first kappa shape index (κ1) is 30.8. The molecule has 1 amide bonds. The molecular formula is C34H33FN6O5. The smallest absolute Gasteiger partial charge is 0.337 e. The monoisotopic (exact) mass is 624 g/mol. The van der Waals surface area contributed by atoms with Gasteiger partial charge >= 0.3 is 5.97 Å². The van der Waals surface area contributed by atoms with Crippen molar-refractivity contribution in [2.75, 3.05) is 32.2 Å². The summed E-state index contributed by atoms with van der Waals surface area (Å²) >= 11 is 0. The molecule has 0 bridgehead atoms. The first-order chi connectivity index (χ1) is 22.4. The lowest BCUT2D eigenvalue weighted by atomic mass is 9.85. The number of imidazole rings is 1. The van der Waals surface area contributed by atoms with Crippen LogP contribution in [0.5, 0.6) is 5.75 Å². The molecule has 5 aromatic rings. The molecule has 3 atom stereocenters. The Labute approximate surface area is 264 Å². The number of hydrogen-bond acceptors (Lipinski definition) is 9. The number of hydrogen-bond donors (Lipinski definition) is 4. The number of aromatic amines is 1. The Hall–Kier alpha value is -5.17. The van der Waals surface area contributed by atoms with Crippen LogP contribution >= 0.6 is 0 Å². The number of benzene rings is 3. The van der Waals surface area contributed by atoms with Crippen molar-refractivity contribution in [1.29, 1.82) is 0 Å². The number of methoxy groups -OCH3 is 1. The Morgan fingerprint density at radius 1 is 1.07 bits per heavy atom. The summed E-state index contributed by atoms with van der Waals surface area (Å²) in [6.07, 6.45) is 1.93. The number of pyridine rings is 1. The van der Waals surface area contributed by atoms with Gasteiger partial charge in [-0.1, -0.05) is 60.7 Å². The highest BCUT2D eigenvalue weighted by Crippen LogP contribution is 2.31. The maximum Gasteiger partial charge on any atom is 0.337 e. The second-order valence-corrected chi connectivity index (χ2v) is 10.9. The molecule has 0 spiro atoms. The van der Waals surface area contributed by atoms with Crippen molar-refractivity contribution in [2.24, 2.45) is 5.73 Å². The minimum Gasteiger partial charge on any atom is -0.485 e. The number of rotatable bonds is 10. The molecule has 5 N–H and O–H groups in total. The number of nitrogens with one attached hydrogen (secondary N) is 3. The maximum absolute atomic E-state index is 15.0. The van der Waals surface area contributed by atoms with Gasteiger partial charge in [-0.15, -0.1) is 0 Å². The van der Waals surface area contributed by atoms with Gasteiger partial charge in [-0.2, -0.15) is 0 Å². The van der Waals surface area contributed by atoms with Crippen molar-refractivity contribution in [3.05, 3.63) is 120 Å². The van der Waals surface area contributed by atoms with Gasteiger partial charge in [0.1, 0.15) is 24.2 Å². The lowest BCUT2D eigenvalue weighted by Gasteiger charge is -2.29. The Morgan fingerprint density at radius 2 is 1.78 bits per heavy atom. The molecule has 0 unspecified atom stereocenters. The van der Waals surface area contributed by atoms with Gasteiger partial charge in [0.2, 0.25) is 5.91 Å². The van der Waals surface area contributed by atoms with Crippen molar-refractivity contribution in [3.8, 4) is 5.75 Å². The Kier molecular flexibility index (Phi) is 9.29. The summed E-state index contributed by atoms with van der Waals surface area (Å²) in [5.41, 5.74) is 10.2. The van der Waals surface area contributed by atoms with Gasteiger partial charge in [-0.3, -0.25) is 9.78 Å². The fraction of sp³-hybridized carbons (Fsp3) is 0.235. The number of aromatic nitrogens is 3. The van der Waals surface area contributed by atoms with Crippen molar-refractivity contribution >= 4 is 28.6 Å². The fourth-order valence-corrected chi connectivity index (χ4v) is 5.48. The molecule has 0 aliphatic carbocycles. The van der Waals surface area contributed by atoms with Crippen molar-refractivity contribution in [3.63, 3.8) is 0 Å². The number of nitrogens with zero attached hydrogens (tertiary/aromatic N) is 2. The zero-order valence-electron chi connectivity index (χ0n) is 25.0. The van der Waals surface area contributed by atoms with Gasteiger partial charge in [-0.25, -0.2) is 14.2 Å². The highest BCUT2D eigenvalue weighted by Gasteiger charge is 2.30. The van der Waals surface area contributed by atoms with Crippen molar-refractivity contribution in [1.82, 2.24) is 20.3 Å². The first-order valence-electron chi connectivity index (χ1n) is 14.8. The summed E-state index contributed by atoms with van der Waals surface area (Å²) in [5, 5.41) is 6.09. The van der Waals surface area contributed by atoms with E-state index in [-0.39, 0.29) is 30.7 Å². The maximum atomic E-state index is 15.0. The number of esters is 1. The van der Waals surface area contributed by atoms with Gasteiger partial charge in [-0.05, 0) is 29.3 Å². The predicted octanol–water partition coefficient (Wildman–Crippen LogP) is 4.09. The van der Waals surface area contributed by atoms with Gasteiger partial charge in [0.05, 0.1) is 54.8 Å². The van der Waals surface area contributed by atoms with Crippen LogP contribution in [0.4, 0.5) is 10.1 Å². The van der Waals surface area contributed by atoms with Crippen molar-refractivity contribution in [2.45, 2.75) is 24.1 Å². The Morgan fingerprint density at radius 3 is 2.43 bits per heavy atom. The quantitative estimate of drug-likeness (QED) is 0.168. The highest BCUT2D eigenvalue weighted by molar-refractivity contribution is 5.97. The second kappa shape index (κ2) is 13.9. The number of morpholine rings is 1. The molecule has 46 heavy (non-hydrogen) atoms. The Bertz CT molecular complexity index is 1770. The molecule has 1 saturated heterocycles. The molecule has 1 aliphatic heterocycles. The predicted molar refractivity (Wildman–Crippen MR) is 169 cm³/mol. The zero-order valence-corrected chi connectivity index (χ0v) is 25.0. The van der Waals surface area contributed by atoms with Crippen LogP contribution in [0.25, 0.3) is 11.0 Å². The zero-order chi connectivity index (χ0) is 32.0. The third-order valence-corrected chi connectivity index (χ3v) is 7.85. The number of carbonyl (C=O) groups is 2. The molecular weight excluding hydrogens is 591 g/mol. The lowest BCUT2D eigenvalue weighted by molar-refractivity contribution is -0.117. The summed E-state index contributed by atoms with van der Waals surface area (Å²) in [6.45, 7) is 0.675. The number of amides is 1. The largest absolute Gasteiger partial charge is 0.485 e. The molecule has 6 rings (SSSR count). The summed E-state index contributed by atoms with van der Waals surface area (Å²) in [6, 6.07) is 22.9. The number of H-pyrrole nitrogens is 1. The summed E-state index contributed by atoms with van der Waals surface area (Å²) < 4.78 is 31.6. The van der Waals surface area contributed by atoms with E-state index in [0.29, 0.717) is 29.0 Å². The number of ether oxygens (including phenoxy) is 3. The molecule has 1 aliphatic rings. The van der Waals surface area contributed by atoms with Crippen LogP contribution in [0.15, 0.2) is 91.3 Å². The molecule has 3 heterocycles. The lowest BCUT2D eigenvalue weighted by Crippen LogP contribution is -2.44. The summed E-state index contributed by atoms with van der Waals surface area (Å²) in [5.74, 6) is -1.62. The minimum atomic E-state index is -0.992. The van der Waals surface area contributed by atoms with Gasteiger partial charge in [0.25, 0.3) is 0 Å². The molecule has 2 aromatic heterocycles. The van der Waals surface area contributed by atoms with E-state index in [1.165, 1.54) is 13.3 Å². The van der Waals surface area contributed by atoms with E-state index in [2.05, 4.69) is 25.6 Å². The molecule has 0 saturated carbocycles. The first-order valence-corrected chi connectivity index (χ1v) is 14.8. The van der Waals surface area contributed by atoms with Gasteiger partial charge in [0, 0.05) is 12.5 Å². The van der Waals surface area contributed by atoms with E-state index in [9.17, 15) is 14.0 Å². The number of anilines is 1. The highest BCUT2D eigenvalue weighted by atomic mass is 19.1. The molecule has 0 radical (unpaired) electrons.